The van der Waals surface area contributed by atoms with E-state index in [1.54, 1.807) is 0 Å². The molecule has 2 saturated heterocycles. The molecule has 0 aromatic heterocycles. The summed E-state index contributed by atoms with van der Waals surface area (Å²) in [4.78, 5) is 5.34. The van der Waals surface area contributed by atoms with E-state index in [1.165, 1.54) is 64.6 Å². The first-order valence-corrected chi connectivity index (χ1v) is 7.25. The van der Waals surface area contributed by atoms with Crippen LogP contribution in [0.1, 0.15) is 51.9 Å². The maximum atomic E-state index is 2.86. The lowest BCUT2D eigenvalue weighted by Gasteiger charge is -2.44. The van der Waals surface area contributed by atoms with Crippen LogP contribution in [0.25, 0.3) is 0 Å². The number of likely N-dealkylation sites (tertiary alicyclic amines) is 2. The number of piperidine rings is 2. The standard InChI is InChI=1S/C14H28N2/c1-3-6-13-7-4-5-10-16(13)14-8-11-15(2)12-9-14/h13-14H,3-12H2,1-2H3. The lowest BCUT2D eigenvalue weighted by Crippen LogP contribution is -2.50. The summed E-state index contributed by atoms with van der Waals surface area (Å²) in [6, 6.07) is 1.81. The third-order valence-electron chi connectivity index (χ3n) is 4.45. The number of hydrogen-bond donors (Lipinski definition) is 0. The lowest BCUT2D eigenvalue weighted by atomic mass is 9.93. The highest BCUT2D eigenvalue weighted by molar-refractivity contribution is 4.85. The molecule has 2 aliphatic heterocycles. The molecular formula is C14H28N2. The first kappa shape index (κ1) is 12.4. The summed E-state index contributed by atoms with van der Waals surface area (Å²) in [7, 11) is 2.26. The zero-order valence-electron chi connectivity index (χ0n) is 11.1. The number of rotatable bonds is 3. The first-order valence-electron chi connectivity index (χ1n) is 7.25. The molecule has 1 unspecified atom stereocenters. The monoisotopic (exact) mass is 224 g/mol. The summed E-state index contributed by atoms with van der Waals surface area (Å²) in [6.45, 7) is 6.32. The van der Waals surface area contributed by atoms with Crippen LogP contribution in [0.3, 0.4) is 0 Å². The molecular weight excluding hydrogens is 196 g/mol. The van der Waals surface area contributed by atoms with Crippen molar-refractivity contribution in [3.05, 3.63) is 0 Å². The maximum absolute atomic E-state index is 2.86. The van der Waals surface area contributed by atoms with Gasteiger partial charge in [-0.3, -0.25) is 4.90 Å². The van der Waals surface area contributed by atoms with E-state index in [-0.39, 0.29) is 0 Å². The van der Waals surface area contributed by atoms with E-state index < -0.39 is 0 Å². The number of hydrogen-bond acceptors (Lipinski definition) is 2. The molecule has 16 heavy (non-hydrogen) atoms. The Labute approximate surface area is 101 Å². The van der Waals surface area contributed by atoms with E-state index in [1.807, 2.05) is 0 Å². The summed E-state index contributed by atoms with van der Waals surface area (Å²) >= 11 is 0. The van der Waals surface area contributed by atoms with Crippen molar-refractivity contribution in [2.24, 2.45) is 0 Å². The molecule has 2 rings (SSSR count). The summed E-state index contributed by atoms with van der Waals surface area (Å²) in [5.74, 6) is 0. The quantitative estimate of drug-likeness (QED) is 0.727. The van der Waals surface area contributed by atoms with Crippen LogP contribution in [0.4, 0.5) is 0 Å². The smallest absolute Gasteiger partial charge is 0.0122 e. The molecule has 2 heteroatoms. The average molecular weight is 224 g/mol. The van der Waals surface area contributed by atoms with Gasteiger partial charge in [0.05, 0.1) is 0 Å². The van der Waals surface area contributed by atoms with Gasteiger partial charge in [0.2, 0.25) is 0 Å². The van der Waals surface area contributed by atoms with Crippen LogP contribution >= 0.6 is 0 Å². The molecule has 94 valence electrons. The van der Waals surface area contributed by atoms with Gasteiger partial charge in [-0.05, 0) is 58.8 Å². The van der Waals surface area contributed by atoms with E-state index in [0.29, 0.717) is 0 Å². The second-order valence-corrected chi connectivity index (χ2v) is 5.71. The van der Waals surface area contributed by atoms with Crippen LogP contribution in [0.5, 0.6) is 0 Å². The van der Waals surface area contributed by atoms with E-state index >= 15 is 0 Å². The van der Waals surface area contributed by atoms with Crippen LogP contribution in [0, 0.1) is 0 Å². The highest BCUT2D eigenvalue weighted by Crippen LogP contribution is 2.27. The van der Waals surface area contributed by atoms with Crippen molar-refractivity contribution in [3.8, 4) is 0 Å². The van der Waals surface area contributed by atoms with E-state index in [9.17, 15) is 0 Å². The second-order valence-electron chi connectivity index (χ2n) is 5.71. The maximum Gasteiger partial charge on any atom is 0.0122 e. The highest BCUT2D eigenvalue weighted by atomic mass is 15.2. The Hall–Kier alpha value is -0.0800. The van der Waals surface area contributed by atoms with Gasteiger partial charge in [-0.2, -0.15) is 0 Å². The van der Waals surface area contributed by atoms with Crippen molar-refractivity contribution in [2.75, 3.05) is 26.7 Å². The van der Waals surface area contributed by atoms with Crippen LogP contribution in [-0.4, -0.2) is 48.6 Å². The molecule has 2 nitrogen and oxygen atoms in total. The molecule has 2 heterocycles. The minimum Gasteiger partial charge on any atom is -0.306 e. The van der Waals surface area contributed by atoms with Crippen molar-refractivity contribution >= 4 is 0 Å². The largest absolute Gasteiger partial charge is 0.306 e. The van der Waals surface area contributed by atoms with Gasteiger partial charge in [0.15, 0.2) is 0 Å². The molecule has 0 radical (unpaired) electrons. The molecule has 0 aromatic carbocycles. The molecule has 0 amide bonds. The molecule has 2 aliphatic rings. The van der Waals surface area contributed by atoms with Gasteiger partial charge in [-0.15, -0.1) is 0 Å². The zero-order chi connectivity index (χ0) is 11.4. The van der Waals surface area contributed by atoms with Crippen LogP contribution in [-0.2, 0) is 0 Å². The SMILES string of the molecule is CCCC1CCCCN1C1CCN(C)CC1. The highest BCUT2D eigenvalue weighted by Gasteiger charge is 2.29. The Morgan fingerprint density at radius 3 is 2.44 bits per heavy atom. The Balaban J connectivity index is 1.89. The Bertz CT molecular complexity index is 195. The minimum absolute atomic E-state index is 0.896. The van der Waals surface area contributed by atoms with E-state index in [2.05, 4.69) is 23.8 Å². The molecule has 0 aromatic rings. The molecule has 0 bridgehead atoms. The fourth-order valence-electron chi connectivity index (χ4n) is 3.47. The molecule has 0 N–H and O–H groups in total. The predicted molar refractivity (Wildman–Crippen MR) is 69.8 cm³/mol. The van der Waals surface area contributed by atoms with Crippen molar-refractivity contribution in [1.82, 2.24) is 9.80 Å². The zero-order valence-corrected chi connectivity index (χ0v) is 11.1. The molecule has 0 aliphatic carbocycles. The number of nitrogens with zero attached hydrogens (tertiary/aromatic N) is 2. The fourth-order valence-corrected chi connectivity index (χ4v) is 3.47. The summed E-state index contributed by atoms with van der Waals surface area (Å²) in [5, 5.41) is 0. The van der Waals surface area contributed by atoms with E-state index in [0.717, 1.165) is 12.1 Å². The summed E-state index contributed by atoms with van der Waals surface area (Å²) in [6.07, 6.45) is 9.94. The van der Waals surface area contributed by atoms with Gasteiger partial charge < -0.3 is 4.90 Å². The third kappa shape index (κ3) is 2.98. The van der Waals surface area contributed by atoms with E-state index in [4.69, 9.17) is 0 Å². The van der Waals surface area contributed by atoms with Crippen molar-refractivity contribution in [1.29, 1.82) is 0 Å². The van der Waals surface area contributed by atoms with Gasteiger partial charge in [-0.25, -0.2) is 0 Å². The average Bonchev–Trinajstić information content (AvgIpc) is 2.32. The van der Waals surface area contributed by atoms with Gasteiger partial charge >= 0.3 is 0 Å². The molecule has 0 saturated carbocycles. The van der Waals surface area contributed by atoms with Crippen LogP contribution in [0.15, 0.2) is 0 Å². The fraction of sp³-hybridized carbons (Fsp3) is 1.00. The van der Waals surface area contributed by atoms with Crippen molar-refractivity contribution in [3.63, 3.8) is 0 Å². The van der Waals surface area contributed by atoms with Gasteiger partial charge in [0, 0.05) is 12.1 Å². The lowest BCUT2D eigenvalue weighted by molar-refractivity contribution is 0.0520. The predicted octanol–water partition coefficient (Wildman–Crippen LogP) is 2.74. The Morgan fingerprint density at radius 1 is 1.00 bits per heavy atom. The molecule has 1 atom stereocenters. The van der Waals surface area contributed by atoms with Crippen LogP contribution in [0.2, 0.25) is 0 Å². The van der Waals surface area contributed by atoms with Gasteiger partial charge in [-0.1, -0.05) is 19.8 Å². The van der Waals surface area contributed by atoms with Crippen LogP contribution < -0.4 is 0 Å². The minimum atomic E-state index is 0.896. The Kier molecular flexibility index (Phi) is 4.66. The molecule has 0 spiro atoms. The van der Waals surface area contributed by atoms with Crippen molar-refractivity contribution < 1.29 is 0 Å². The first-order chi connectivity index (χ1) is 7.81. The normalized spacial score (nSPS) is 30.8. The summed E-state index contributed by atoms with van der Waals surface area (Å²) in [5.41, 5.74) is 0. The van der Waals surface area contributed by atoms with Gasteiger partial charge in [0.1, 0.15) is 0 Å². The molecule has 2 fully saturated rings. The second kappa shape index (κ2) is 6.02. The Morgan fingerprint density at radius 2 is 1.75 bits per heavy atom. The topological polar surface area (TPSA) is 6.48 Å². The van der Waals surface area contributed by atoms with Crippen molar-refractivity contribution in [2.45, 2.75) is 64.0 Å². The summed E-state index contributed by atoms with van der Waals surface area (Å²) < 4.78 is 0. The van der Waals surface area contributed by atoms with Gasteiger partial charge in [0.25, 0.3) is 0 Å². The third-order valence-corrected chi connectivity index (χ3v) is 4.45.